The fraction of sp³-hybridized carbons (Fsp3) is 0.235. The summed E-state index contributed by atoms with van der Waals surface area (Å²) in [4.78, 5) is 12.3. The monoisotopic (exact) mass is 406 g/mol. The maximum atomic E-state index is 12.3. The lowest BCUT2D eigenvalue weighted by Gasteiger charge is -2.04. The number of amides is 1. The molecule has 0 unspecified atom stereocenters. The number of aromatic nitrogens is 2. The van der Waals surface area contributed by atoms with Crippen molar-refractivity contribution in [1.82, 2.24) is 14.9 Å². The molecule has 142 valence electrons. The number of nitrogens with zero attached hydrogens (tertiary/aromatic N) is 2. The van der Waals surface area contributed by atoms with Crippen molar-refractivity contribution in [2.75, 3.05) is 11.9 Å². The van der Waals surface area contributed by atoms with E-state index >= 15 is 0 Å². The predicted octanol–water partition coefficient (Wildman–Crippen LogP) is 2.60. The number of carbonyl (C=O) groups is 1. The number of aryl methyl sites for hydroxylation is 2. The molecule has 0 bridgehead atoms. The molecule has 1 aromatic carbocycles. The Hall–Kier alpha value is -2.56. The number of carbonyl (C=O) groups excluding carboxylic acids is 1. The van der Waals surface area contributed by atoms with Gasteiger partial charge in [0, 0.05) is 18.5 Å². The highest BCUT2D eigenvalue weighted by Crippen LogP contribution is 2.21. The van der Waals surface area contributed by atoms with Crippen LogP contribution in [0.5, 0.6) is 0 Å². The molecule has 0 saturated carbocycles. The molecule has 0 saturated heterocycles. The fourth-order valence-corrected chi connectivity index (χ4v) is 4.36. The first kappa shape index (κ1) is 19.2. The largest absolute Gasteiger partial charge is 0.469 e. The van der Waals surface area contributed by atoms with Crippen LogP contribution in [0.3, 0.4) is 0 Å². The molecule has 10 heteroatoms. The molecule has 27 heavy (non-hydrogen) atoms. The van der Waals surface area contributed by atoms with E-state index in [9.17, 15) is 13.2 Å². The van der Waals surface area contributed by atoms with Crippen molar-refractivity contribution in [3.05, 3.63) is 59.5 Å². The number of sulfonamides is 1. The number of benzene rings is 1. The van der Waals surface area contributed by atoms with Crippen LogP contribution in [0.15, 0.2) is 51.4 Å². The summed E-state index contributed by atoms with van der Waals surface area (Å²) in [6, 6.07) is 10.7. The van der Waals surface area contributed by atoms with Crippen LogP contribution >= 0.6 is 11.3 Å². The van der Waals surface area contributed by atoms with Crippen LogP contribution in [0.4, 0.5) is 5.13 Å². The minimum absolute atomic E-state index is 0.124. The molecular weight excluding hydrogens is 388 g/mol. The summed E-state index contributed by atoms with van der Waals surface area (Å²) in [7, 11) is -3.78. The Balaban J connectivity index is 1.57. The lowest BCUT2D eigenvalue weighted by molar-refractivity contribution is 0.102. The molecule has 0 aliphatic rings. The lowest BCUT2D eigenvalue weighted by Crippen LogP contribution is -2.25. The minimum Gasteiger partial charge on any atom is -0.469 e. The van der Waals surface area contributed by atoms with Crippen LogP contribution in [-0.4, -0.2) is 31.1 Å². The van der Waals surface area contributed by atoms with Gasteiger partial charge in [0.2, 0.25) is 9.47 Å². The van der Waals surface area contributed by atoms with Crippen molar-refractivity contribution in [3.8, 4) is 0 Å². The Labute approximate surface area is 160 Å². The summed E-state index contributed by atoms with van der Waals surface area (Å²) < 4.78 is 32.0. The van der Waals surface area contributed by atoms with Crippen molar-refractivity contribution >= 4 is 32.4 Å². The first-order chi connectivity index (χ1) is 13.0. The average Bonchev–Trinajstić information content (AvgIpc) is 3.31. The summed E-state index contributed by atoms with van der Waals surface area (Å²) in [5.41, 5.74) is 1.30. The third-order valence-corrected chi connectivity index (χ3v) is 6.39. The van der Waals surface area contributed by atoms with Crippen molar-refractivity contribution in [3.63, 3.8) is 0 Å². The molecule has 1 amide bonds. The third kappa shape index (κ3) is 5.00. The number of furan rings is 1. The highest BCUT2D eigenvalue weighted by molar-refractivity contribution is 7.91. The molecule has 3 aromatic rings. The summed E-state index contributed by atoms with van der Waals surface area (Å²) in [5.74, 6) is 0.436. The van der Waals surface area contributed by atoms with Gasteiger partial charge in [-0.3, -0.25) is 10.1 Å². The van der Waals surface area contributed by atoms with E-state index in [-0.39, 0.29) is 21.9 Å². The van der Waals surface area contributed by atoms with Gasteiger partial charge >= 0.3 is 0 Å². The van der Waals surface area contributed by atoms with Gasteiger partial charge in [-0.2, -0.15) is 0 Å². The molecule has 0 atom stereocenters. The first-order valence-electron chi connectivity index (χ1n) is 8.18. The van der Waals surface area contributed by atoms with Crippen molar-refractivity contribution < 1.29 is 17.6 Å². The zero-order chi connectivity index (χ0) is 19.3. The van der Waals surface area contributed by atoms with Gasteiger partial charge in [0.15, 0.2) is 0 Å². The molecule has 3 rings (SSSR count). The second-order valence-electron chi connectivity index (χ2n) is 5.72. The van der Waals surface area contributed by atoms with Crippen molar-refractivity contribution in [2.24, 2.45) is 0 Å². The predicted molar refractivity (Wildman–Crippen MR) is 101 cm³/mol. The van der Waals surface area contributed by atoms with Crippen LogP contribution in [-0.2, 0) is 16.4 Å². The standard InChI is InChI=1S/C17H18N4O4S2/c1-12-6-2-3-9-14(12)15(22)19-16-20-21-17(26-16)27(23,24)18-10-4-7-13-8-5-11-25-13/h2-3,5-6,8-9,11,18H,4,7,10H2,1H3,(H,19,20,22). The topological polar surface area (TPSA) is 114 Å². The van der Waals surface area contributed by atoms with E-state index in [1.165, 1.54) is 0 Å². The van der Waals surface area contributed by atoms with Gasteiger partial charge in [0.25, 0.3) is 15.9 Å². The molecule has 0 radical (unpaired) electrons. The highest BCUT2D eigenvalue weighted by atomic mass is 32.2. The summed E-state index contributed by atoms with van der Waals surface area (Å²) >= 11 is 0.801. The molecule has 2 aromatic heterocycles. The maximum Gasteiger partial charge on any atom is 0.269 e. The number of hydrogen-bond donors (Lipinski definition) is 2. The quantitative estimate of drug-likeness (QED) is 0.439. The minimum atomic E-state index is -3.78. The molecule has 2 N–H and O–H groups in total. The zero-order valence-corrected chi connectivity index (χ0v) is 16.1. The molecule has 0 fully saturated rings. The van der Waals surface area contributed by atoms with E-state index in [1.54, 1.807) is 24.5 Å². The summed E-state index contributed by atoms with van der Waals surface area (Å²) in [6.07, 6.45) is 2.79. The maximum absolute atomic E-state index is 12.3. The summed E-state index contributed by atoms with van der Waals surface area (Å²) in [5, 5.41) is 10.1. The number of hydrogen-bond acceptors (Lipinski definition) is 7. The van der Waals surface area contributed by atoms with Gasteiger partial charge in [0.1, 0.15) is 5.76 Å². The normalized spacial score (nSPS) is 11.4. The van der Waals surface area contributed by atoms with Gasteiger partial charge < -0.3 is 4.42 Å². The molecule has 0 aliphatic carbocycles. The molecule has 0 aliphatic heterocycles. The Kier molecular flexibility index (Phi) is 5.99. The van der Waals surface area contributed by atoms with Gasteiger partial charge in [-0.1, -0.05) is 29.5 Å². The number of anilines is 1. The average molecular weight is 406 g/mol. The Morgan fingerprint density at radius 1 is 1.19 bits per heavy atom. The second-order valence-corrected chi connectivity index (χ2v) is 8.64. The van der Waals surface area contributed by atoms with E-state index in [0.29, 0.717) is 18.4 Å². The van der Waals surface area contributed by atoms with Crippen LogP contribution in [0.1, 0.15) is 28.1 Å². The lowest BCUT2D eigenvalue weighted by atomic mass is 10.1. The van der Waals surface area contributed by atoms with Crippen LogP contribution in [0.2, 0.25) is 0 Å². The van der Waals surface area contributed by atoms with E-state index in [4.69, 9.17) is 4.42 Å². The van der Waals surface area contributed by atoms with Gasteiger partial charge in [-0.15, -0.1) is 10.2 Å². The Morgan fingerprint density at radius 3 is 2.74 bits per heavy atom. The number of rotatable bonds is 8. The fourth-order valence-electron chi connectivity index (χ4n) is 2.35. The number of nitrogens with one attached hydrogen (secondary N) is 2. The van der Waals surface area contributed by atoms with E-state index in [2.05, 4.69) is 20.2 Å². The van der Waals surface area contributed by atoms with Gasteiger partial charge in [-0.05, 0) is 37.1 Å². The second kappa shape index (κ2) is 8.42. The SMILES string of the molecule is Cc1ccccc1C(=O)Nc1nnc(S(=O)(=O)NCCCc2ccco2)s1. The smallest absolute Gasteiger partial charge is 0.269 e. The highest BCUT2D eigenvalue weighted by Gasteiger charge is 2.21. The Bertz CT molecular complexity index is 1010. The van der Waals surface area contributed by atoms with E-state index in [1.807, 2.05) is 25.1 Å². The van der Waals surface area contributed by atoms with Crippen LogP contribution in [0.25, 0.3) is 0 Å². The first-order valence-corrected chi connectivity index (χ1v) is 10.5. The summed E-state index contributed by atoms with van der Waals surface area (Å²) in [6.45, 7) is 2.06. The van der Waals surface area contributed by atoms with E-state index in [0.717, 1.165) is 22.7 Å². The molecular formula is C17H18N4O4S2. The van der Waals surface area contributed by atoms with E-state index < -0.39 is 10.0 Å². The van der Waals surface area contributed by atoms with Crippen LogP contribution < -0.4 is 10.0 Å². The van der Waals surface area contributed by atoms with Crippen LogP contribution in [0, 0.1) is 6.92 Å². The van der Waals surface area contributed by atoms with Gasteiger partial charge in [-0.25, -0.2) is 13.1 Å². The third-order valence-electron chi connectivity index (χ3n) is 3.72. The molecule has 8 nitrogen and oxygen atoms in total. The zero-order valence-electron chi connectivity index (χ0n) is 14.5. The van der Waals surface area contributed by atoms with Crippen molar-refractivity contribution in [1.29, 1.82) is 0 Å². The van der Waals surface area contributed by atoms with Crippen molar-refractivity contribution in [2.45, 2.75) is 24.1 Å². The molecule has 0 spiro atoms. The Morgan fingerprint density at radius 2 is 2.00 bits per heavy atom. The van der Waals surface area contributed by atoms with Gasteiger partial charge in [0.05, 0.1) is 6.26 Å². The molecule has 2 heterocycles.